The topological polar surface area (TPSA) is 97.3 Å². The number of hydrogen-bond acceptors (Lipinski definition) is 7. The van der Waals surface area contributed by atoms with E-state index in [1.54, 1.807) is 42.5 Å². The summed E-state index contributed by atoms with van der Waals surface area (Å²) in [4.78, 5) is 18.4. The first-order chi connectivity index (χ1) is 18.8. The molecular weight excluding hydrogens is 547 g/mol. The molecule has 1 amide bonds. The molecule has 1 saturated carbocycles. The molecular formula is C28H30F3N3O5S. The Labute approximate surface area is 230 Å². The zero-order valence-electron chi connectivity index (χ0n) is 22.2. The number of carbonyl (C=O) groups excluding carboxylic acids is 1. The van der Waals surface area contributed by atoms with Crippen LogP contribution in [-0.2, 0) is 23.8 Å². The number of nitrogens with zero attached hydrogens (tertiary/aromatic N) is 2. The lowest BCUT2D eigenvalue weighted by atomic mass is 9.56. The monoisotopic (exact) mass is 577 g/mol. The van der Waals surface area contributed by atoms with Crippen molar-refractivity contribution in [1.82, 2.24) is 5.32 Å². The fourth-order valence-electron chi connectivity index (χ4n) is 6.30. The van der Waals surface area contributed by atoms with Gasteiger partial charge in [0.15, 0.2) is 0 Å². The van der Waals surface area contributed by atoms with Crippen molar-refractivity contribution >= 4 is 38.2 Å². The fraction of sp³-hybridized carbons (Fsp3) is 0.429. The number of nitrogens with one attached hydrogen (secondary N) is 1. The third-order valence-electron chi connectivity index (χ3n) is 7.94. The van der Waals surface area contributed by atoms with Crippen LogP contribution in [0.1, 0.15) is 19.3 Å². The largest absolute Gasteiger partial charge is 0.471 e. The third-order valence-corrected chi connectivity index (χ3v) is 9.32. The van der Waals surface area contributed by atoms with E-state index in [0.717, 1.165) is 11.1 Å². The standard InChI is InChI=1S/C28H30F3N3O5S/c1-34(2)21-12-6-11-20-19(21)10-7-13-22(20)40(36,37)39-16-8-9-18-17-27(33-25(35)28(29,30)31)24(18)26(38-3)15-5-4-14-23(26)32-27/h4-7,10-15,18,24H,8-9,16-17H2,1-3H3,(H,33,35)/t18-,24-,26+,27+/m0/s1. The first-order valence-corrected chi connectivity index (χ1v) is 14.2. The van der Waals surface area contributed by atoms with E-state index in [1.807, 2.05) is 31.1 Å². The summed E-state index contributed by atoms with van der Waals surface area (Å²) in [6.07, 6.45) is 2.74. The summed E-state index contributed by atoms with van der Waals surface area (Å²) in [6.45, 7) is -0.110. The van der Waals surface area contributed by atoms with Crippen LogP contribution in [0, 0.1) is 11.8 Å². The second-order valence-corrected chi connectivity index (χ2v) is 12.1. The number of halogens is 3. The highest BCUT2D eigenvalue weighted by Crippen LogP contribution is 2.59. The van der Waals surface area contributed by atoms with Gasteiger partial charge in [-0.05, 0) is 49.5 Å². The Balaban J connectivity index is 1.30. The lowest BCUT2D eigenvalue weighted by Gasteiger charge is -2.54. The maximum atomic E-state index is 13.1. The number of anilines is 1. The lowest BCUT2D eigenvalue weighted by Crippen LogP contribution is -2.68. The quantitative estimate of drug-likeness (QED) is 0.351. The van der Waals surface area contributed by atoms with Gasteiger partial charge in [-0.15, -0.1) is 0 Å². The van der Waals surface area contributed by atoms with Crippen molar-refractivity contribution in [2.45, 2.75) is 41.6 Å². The summed E-state index contributed by atoms with van der Waals surface area (Å²) in [5.74, 6) is -2.84. The molecule has 1 heterocycles. The summed E-state index contributed by atoms with van der Waals surface area (Å²) in [5, 5.41) is 3.44. The van der Waals surface area contributed by atoms with E-state index in [-0.39, 0.29) is 23.8 Å². The molecule has 8 nitrogen and oxygen atoms in total. The highest BCUT2D eigenvalue weighted by atomic mass is 32.2. The Morgan fingerprint density at radius 1 is 1.15 bits per heavy atom. The molecule has 1 fully saturated rings. The van der Waals surface area contributed by atoms with Crippen LogP contribution >= 0.6 is 0 Å². The van der Waals surface area contributed by atoms with Crippen molar-refractivity contribution in [2.24, 2.45) is 16.8 Å². The molecule has 5 rings (SSSR count). The van der Waals surface area contributed by atoms with E-state index in [1.165, 1.54) is 13.2 Å². The molecule has 2 aromatic carbocycles. The molecule has 1 aliphatic heterocycles. The van der Waals surface area contributed by atoms with Crippen molar-refractivity contribution in [3.8, 4) is 0 Å². The number of ether oxygens (including phenoxy) is 1. The van der Waals surface area contributed by atoms with E-state index in [4.69, 9.17) is 8.92 Å². The average molecular weight is 578 g/mol. The Bertz CT molecular complexity index is 1540. The van der Waals surface area contributed by atoms with Crippen molar-refractivity contribution in [1.29, 1.82) is 0 Å². The third kappa shape index (κ3) is 4.61. The highest BCUT2D eigenvalue weighted by Gasteiger charge is 2.69. The SMILES string of the molecule is CO[C@]12C=CC=CC1=N[C@@]1(NC(=O)C(F)(F)F)C[C@H](CCCOS(=O)(=O)c3cccc4c(N(C)C)cccc34)[C@H]12. The van der Waals surface area contributed by atoms with E-state index in [2.05, 4.69) is 10.3 Å². The molecule has 0 aromatic heterocycles. The molecule has 0 bridgehead atoms. The Hall–Kier alpha value is -3.22. The number of hydrogen-bond donors (Lipinski definition) is 1. The Morgan fingerprint density at radius 2 is 1.88 bits per heavy atom. The predicted octanol–water partition coefficient (Wildman–Crippen LogP) is 4.37. The number of fused-ring (bicyclic) bond motifs is 4. The van der Waals surface area contributed by atoms with Crippen LogP contribution in [0.25, 0.3) is 10.8 Å². The van der Waals surface area contributed by atoms with Crippen molar-refractivity contribution in [2.75, 3.05) is 32.7 Å². The van der Waals surface area contributed by atoms with Gasteiger partial charge in [-0.1, -0.05) is 36.4 Å². The van der Waals surface area contributed by atoms with Crippen LogP contribution in [0.4, 0.5) is 18.9 Å². The number of alkyl halides is 3. The van der Waals surface area contributed by atoms with E-state index < -0.39 is 39.4 Å². The molecule has 214 valence electrons. The number of rotatable bonds is 9. The number of carbonyl (C=O) groups is 1. The lowest BCUT2D eigenvalue weighted by molar-refractivity contribution is -0.181. The maximum absolute atomic E-state index is 13.1. The second kappa shape index (κ2) is 10.0. The first kappa shape index (κ1) is 28.3. The molecule has 4 atom stereocenters. The smallest absolute Gasteiger partial charge is 0.377 e. The maximum Gasteiger partial charge on any atom is 0.471 e. The minimum absolute atomic E-state index is 0.0672. The summed E-state index contributed by atoms with van der Waals surface area (Å²) in [7, 11) is 1.13. The first-order valence-electron chi connectivity index (χ1n) is 12.8. The minimum Gasteiger partial charge on any atom is -0.377 e. The normalized spacial score (nSPS) is 27.1. The van der Waals surface area contributed by atoms with Crippen LogP contribution in [0.2, 0.25) is 0 Å². The van der Waals surface area contributed by atoms with Gasteiger partial charge in [-0.25, -0.2) is 0 Å². The van der Waals surface area contributed by atoms with Gasteiger partial charge < -0.3 is 15.0 Å². The molecule has 40 heavy (non-hydrogen) atoms. The Kier molecular flexibility index (Phi) is 7.08. The minimum atomic E-state index is -5.05. The molecule has 12 heteroatoms. The van der Waals surface area contributed by atoms with Gasteiger partial charge in [-0.2, -0.15) is 21.6 Å². The zero-order valence-corrected chi connectivity index (χ0v) is 23.1. The van der Waals surface area contributed by atoms with Gasteiger partial charge in [0.2, 0.25) is 0 Å². The van der Waals surface area contributed by atoms with Crippen LogP contribution in [-0.4, -0.2) is 65.3 Å². The van der Waals surface area contributed by atoms with Crippen LogP contribution in [0.15, 0.2) is 70.6 Å². The molecule has 2 aromatic rings. The average Bonchev–Trinajstić information content (AvgIpc) is 3.11. The number of allylic oxidation sites excluding steroid dienone is 2. The van der Waals surface area contributed by atoms with Gasteiger partial charge in [0.1, 0.15) is 16.2 Å². The molecule has 0 unspecified atom stereocenters. The molecule has 0 spiro atoms. The van der Waals surface area contributed by atoms with Gasteiger partial charge in [0.05, 0.1) is 12.3 Å². The second-order valence-electron chi connectivity index (χ2n) is 10.5. The van der Waals surface area contributed by atoms with Gasteiger partial charge in [-0.3, -0.25) is 14.0 Å². The number of methoxy groups -OCH3 is 1. The van der Waals surface area contributed by atoms with Crippen LogP contribution < -0.4 is 10.2 Å². The van der Waals surface area contributed by atoms with E-state index in [0.29, 0.717) is 23.9 Å². The Morgan fingerprint density at radius 3 is 2.58 bits per heavy atom. The van der Waals surface area contributed by atoms with Crippen LogP contribution in [0.5, 0.6) is 0 Å². The fourth-order valence-corrected chi connectivity index (χ4v) is 7.46. The van der Waals surface area contributed by atoms with Crippen molar-refractivity contribution in [3.05, 3.63) is 60.7 Å². The molecule has 0 radical (unpaired) electrons. The summed E-state index contributed by atoms with van der Waals surface area (Å²) in [6, 6.07) is 10.4. The van der Waals surface area contributed by atoms with Crippen molar-refractivity contribution < 1.29 is 35.3 Å². The number of aliphatic imine (C=N–C) groups is 1. The summed E-state index contributed by atoms with van der Waals surface area (Å²) < 4.78 is 76.9. The van der Waals surface area contributed by atoms with Crippen molar-refractivity contribution in [3.63, 3.8) is 0 Å². The predicted molar refractivity (Wildman–Crippen MR) is 145 cm³/mol. The molecule has 1 N–H and O–H groups in total. The van der Waals surface area contributed by atoms with E-state index in [9.17, 15) is 26.4 Å². The molecule has 3 aliphatic rings. The van der Waals surface area contributed by atoms with Crippen LogP contribution in [0.3, 0.4) is 0 Å². The number of benzene rings is 2. The van der Waals surface area contributed by atoms with Gasteiger partial charge in [0.25, 0.3) is 10.1 Å². The number of amides is 1. The van der Waals surface area contributed by atoms with E-state index >= 15 is 0 Å². The zero-order chi connectivity index (χ0) is 28.9. The summed E-state index contributed by atoms with van der Waals surface area (Å²) >= 11 is 0. The van der Waals surface area contributed by atoms with Gasteiger partial charge >= 0.3 is 12.1 Å². The summed E-state index contributed by atoms with van der Waals surface area (Å²) in [5.41, 5.74) is -1.23. The molecule has 0 saturated heterocycles. The van der Waals surface area contributed by atoms with Gasteiger partial charge in [0, 0.05) is 43.6 Å². The highest BCUT2D eigenvalue weighted by molar-refractivity contribution is 7.87. The molecule has 2 aliphatic carbocycles.